The zero-order valence-corrected chi connectivity index (χ0v) is 14.1. The average molecular weight is 332 g/mol. The summed E-state index contributed by atoms with van der Waals surface area (Å²) in [6, 6.07) is 17.5. The molecule has 2 aromatic carbocycles. The summed E-state index contributed by atoms with van der Waals surface area (Å²) in [5.41, 5.74) is 3.48. The topological polar surface area (TPSA) is 62.0 Å². The molecule has 0 radical (unpaired) electrons. The number of carbonyl (C=O) groups excluding carboxylic acids is 1. The van der Waals surface area contributed by atoms with Crippen LogP contribution < -0.4 is 10.9 Å². The molecule has 1 amide bonds. The first-order valence-electron chi connectivity index (χ1n) is 8.25. The summed E-state index contributed by atoms with van der Waals surface area (Å²) in [4.78, 5) is 26.9. The molecule has 0 spiro atoms. The molecule has 0 saturated carbocycles. The lowest BCUT2D eigenvalue weighted by Crippen LogP contribution is -2.25. The summed E-state index contributed by atoms with van der Waals surface area (Å²) < 4.78 is 0. The van der Waals surface area contributed by atoms with Crippen LogP contribution >= 0.6 is 0 Å². The fourth-order valence-corrected chi connectivity index (χ4v) is 2.66. The molecule has 2 N–H and O–H groups in total. The Labute approximate surface area is 146 Å². The third-order valence-electron chi connectivity index (χ3n) is 4.00. The molecule has 126 valence electrons. The quantitative estimate of drug-likeness (QED) is 0.705. The summed E-state index contributed by atoms with van der Waals surface area (Å²) in [6.07, 6.45) is 3.76. The number of amides is 1. The number of aromatic amines is 1. The molecule has 0 aliphatic carbocycles. The van der Waals surface area contributed by atoms with Gasteiger partial charge in [-0.05, 0) is 48.1 Å². The highest BCUT2D eigenvalue weighted by Gasteiger charge is 2.04. The Bertz CT molecular complexity index is 972. The molecular weight excluding hydrogens is 312 g/mol. The molecule has 0 unspecified atom stereocenters. The standard InChI is InChI=1S/C21H20N2O2/c1-15-7-9-17-14-18(21(25)23-19(17)13-15)11-12-22-20(24)10-8-16-5-3-2-4-6-16/h2-10,13-14H,11-12H2,1H3,(H,22,24)(H,23,25)/b10-8-. The van der Waals surface area contributed by atoms with E-state index in [4.69, 9.17) is 0 Å². The molecule has 0 fully saturated rings. The summed E-state index contributed by atoms with van der Waals surface area (Å²) in [5.74, 6) is -0.170. The zero-order chi connectivity index (χ0) is 17.6. The highest BCUT2D eigenvalue weighted by Crippen LogP contribution is 2.13. The Morgan fingerprint density at radius 1 is 1.12 bits per heavy atom. The molecule has 3 aromatic rings. The molecule has 3 rings (SSSR count). The molecule has 1 aromatic heterocycles. The predicted octanol–water partition coefficient (Wildman–Crippen LogP) is 3.21. The Balaban J connectivity index is 1.60. The maximum atomic E-state index is 12.1. The van der Waals surface area contributed by atoms with Crippen molar-refractivity contribution in [1.82, 2.24) is 10.3 Å². The van der Waals surface area contributed by atoms with Gasteiger partial charge in [-0.25, -0.2) is 0 Å². The SMILES string of the molecule is Cc1ccc2cc(CCNC(=O)/C=C\c3ccccc3)c(=O)[nH]c2c1. The maximum Gasteiger partial charge on any atom is 0.251 e. The van der Waals surface area contributed by atoms with Gasteiger partial charge in [0.05, 0.1) is 0 Å². The largest absolute Gasteiger partial charge is 0.352 e. The number of rotatable bonds is 5. The van der Waals surface area contributed by atoms with Gasteiger partial charge in [0.25, 0.3) is 5.56 Å². The highest BCUT2D eigenvalue weighted by molar-refractivity contribution is 5.91. The van der Waals surface area contributed by atoms with E-state index >= 15 is 0 Å². The van der Waals surface area contributed by atoms with Crippen molar-refractivity contribution in [1.29, 1.82) is 0 Å². The minimum Gasteiger partial charge on any atom is -0.352 e. The summed E-state index contributed by atoms with van der Waals surface area (Å²) in [7, 11) is 0. The van der Waals surface area contributed by atoms with Gasteiger partial charge in [-0.1, -0.05) is 42.5 Å². The van der Waals surface area contributed by atoms with Gasteiger partial charge >= 0.3 is 0 Å². The van der Waals surface area contributed by atoms with Gasteiger partial charge in [-0.3, -0.25) is 9.59 Å². The van der Waals surface area contributed by atoms with E-state index in [0.29, 0.717) is 18.5 Å². The van der Waals surface area contributed by atoms with Crippen LogP contribution in [-0.4, -0.2) is 17.4 Å². The van der Waals surface area contributed by atoms with E-state index in [-0.39, 0.29) is 11.5 Å². The number of pyridine rings is 1. The number of benzene rings is 2. The molecule has 0 aliphatic heterocycles. The molecule has 0 bridgehead atoms. The third-order valence-corrected chi connectivity index (χ3v) is 4.00. The average Bonchev–Trinajstić information content (AvgIpc) is 2.61. The van der Waals surface area contributed by atoms with Crippen molar-refractivity contribution in [3.8, 4) is 0 Å². The predicted molar refractivity (Wildman–Crippen MR) is 101 cm³/mol. The van der Waals surface area contributed by atoms with Crippen LogP contribution in [0, 0.1) is 6.92 Å². The second kappa shape index (κ2) is 7.62. The second-order valence-electron chi connectivity index (χ2n) is 6.00. The fourth-order valence-electron chi connectivity index (χ4n) is 2.66. The Hall–Kier alpha value is -3.14. The second-order valence-corrected chi connectivity index (χ2v) is 6.00. The summed E-state index contributed by atoms with van der Waals surface area (Å²) in [5, 5.41) is 3.80. The van der Waals surface area contributed by atoms with Gasteiger partial charge in [0.1, 0.15) is 0 Å². The van der Waals surface area contributed by atoms with Crippen molar-refractivity contribution in [3.05, 3.63) is 87.7 Å². The van der Waals surface area contributed by atoms with Crippen LogP contribution in [0.15, 0.2) is 65.5 Å². The number of aromatic nitrogens is 1. The smallest absolute Gasteiger partial charge is 0.251 e. The number of aryl methyl sites for hydroxylation is 1. The zero-order valence-electron chi connectivity index (χ0n) is 14.1. The number of H-pyrrole nitrogens is 1. The van der Waals surface area contributed by atoms with Crippen LogP contribution in [0.2, 0.25) is 0 Å². The lowest BCUT2D eigenvalue weighted by atomic mass is 10.1. The fraction of sp³-hybridized carbons (Fsp3) is 0.143. The van der Waals surface area contributed by atoms with E-state index in [0.717, 1.165) is 22.0 Å². The van der Waals surface area contributed by atoms with E-state index in [1.165, 1.54) is 6.08 Å². The van der Waals surface area contributed by atoms with Crippen molar-refractivity contribution in [3.63, 3.8) is 0 Å². The van der Waals surface area contributed by atoms with Crippen LogP contribution in [0.4, 0.5) is 0 Å². The molecule has 25 heavy (non-hydrogen) atoms. The molecule has 4 nitrogen and oxygen atoms in total. The van der Waals surface area contributed by atoms with Gasteiger partial charge in [0.15, 0.2) is 0 Å². The minimum absolute atomic E-state index is 0.104. The molecule has 4 heteroatoms. The minimum atomic E-state index is -0.170. The third kappa shape index (κ3) is 4.44. The Morgan fingerprint density at radius 3 is 2.72 bits per heavy atom. The number of hydrogen-bond donors (Lipinski definition) is 2. The van der Waals surface area contributed by atoms with Gasteiger partial charge < -0.3 is 10.3 Å². The summed E-state index contributed by atoms with van der Waals surface area (Å²) >= 11 is 0. The van der Waals surface area contributed by atoms with Crippen LogP contribution in [-0.2, 0) is 11.2 Å². The first-order valence-corrected chi connectivity index (χ1v) is 8.25. The number of nitrogens with one attached hydrogen (secondary N) is 2. The summed E-state index contributed by atoms with van der Waals surface area (Å²) in [6.45, 7) is 2.41. The normalized spacial score (nSPS) is 11.1. The molecular formula is C21H20N2O2. The van der Waals surface area contributed by atoms with Gasteiger partial charge in [0, 0.05) is 23.7 Å². The van der Waals surface area contributed by atoms with Crippen molar-refractivity contribution < 1.29 is 4.79 Å². The van der Waals surface area contributed by atoms with E-state index in [9.17, 15) is 9.59 Å². The monoisotopic (exact) mass is 332 g/mol. The number of carbonyl (C=O) groups is 1. The van der Waals surface area contributed by atoms with E-state index in [1.54, 1.807) is 6.08 Å². The van der Waals surface area contributed by atoms with Crippen molar-refractivity contribution in [2.75, 3.05) is 6.54 Å². The number of fused-ring (bicyclic) bond motifs is 1. The first kappa shape index (κ1) is 16.7. The molecule has 0 saturated heterocycles. The Kier molecular flexibility index (Phi) is 5.09. The van der Waals surface area contributed by atoms with Crippen LogP contribution in [0.5, 0.6) is 0 Å². The van der Waals surface area contributed by atoms with Crippen LogP contribution in [0.1, 0.15) is 16.7 Å². The molecule has 1 heterocycles. The Morgan fingerprint density at radius 2 is 1.92 bits per heavy atom. The van der Waals surface area contributed by atoms with Crippen molar-refractivity contribution in [2.45, 2.75) is 13.3 Å². The van der Waals surface area contributed by atoms with Crippen LogP contribution in [0.3, 0.4) is 0 Å². The molecule has 0 aliphatic rings. The van der Waals surface area contributed by atoms with Crippen molar-refractivity contribution in [2.24, 2.45) is 0 Å². The maximum absolute atomic E-state index is 12.1. The number of hydrogen-bond acceptors (Lipinski definition) is 2. The van der Waals surface area contributed by atoms with E-state index < -0.39 is 0 Å². The lowest BCUT2D eigenvalue weighted by molar-refractivity contribution is -0.116. The lowest BCUT2D eigenvalue weighted by Gasteiger charge is -2.05. The van der Waals surface area contributed by atoms with Crippen LogP contribution in [0.25, 0.3) is 17.0 Å². The van der Waals surface area contributed by atoms with E-state index in [1.807, 2.05) is 61.5 Å². The van der Waals surface area contributed by atoms with Gasteiger partial charge in [-0.15, -0.1) is 0 Å². The first-order chi connectivity index (χ1) is 12.1. The molecule has 0 atom stereocenters. The van der Waals surface area contributed by atoms with Crippen molar-refractivity contribution >= 4 is 22.9 Å². The van der Waals surface area contributed by atoms with Gasteiger partial charge in [-0.2, -0.15) is 0 Å². The van der Waals surface area contributed by atoms with Gasteiger partial charge in [0.2, 0.25) is 5.91 Å². The highest BCUT2D eigenvalue weighted by atomic mass is 16.1. The van der Waals surface area contributed by atoms with E-state index in [2.05, 4.69) is 10.3 Å².